The third kappa shape index (κ3) is 2.11. The molecule has 1 aliphatic rings. The topological polar surface area (TPSA) is 17.1 Å². The summed E-state index contributed by atoms with van der Waals surface area (Å²) in [6.45, 7) is 9.30. The first kappa shape index (κ1) is 10.7. The Morgan fingerprint density at radius 3 is 2.43 bits per heavy atom. The van der Waals surface area contributed by atoms with Gasteiger partial charge in [-0.15, -0.1) is 0 Å². The van der Waals surface area contributed by atoms with E-state index >= 15 is 0 Å². The second-order valence-electron chi connectivity index (χ2n) is 3.47. The van der Waals surface area contributed by atoms with Gasteiger partial charge in [0.15, 0.2) is 0 Å². The highest BCUT2D eigenvalue weighted by atomic mass is 16.1. The summed E-state index contributed by atoms with van der Waals surface area (Å²) in [5, 5.41) is 0. The van der Waals surface area contributed by atoms with Crippen molar-refractivity contribution < 1.29 is 4.79 Å². The van der Waals surface area contributed by atoms with Crippen molar-refractivity contribution in [2.24, 2.45) is 5.92 Å². The Hall–Kier alpha value is -1.37. The maximum atomic E-state index is 11.5. The molecule has 1 fully saturated rings. The number of carbonyl (C=O) groups is 1. The van der Waals surface area contributed by atoms with Gasteiger partial charge < -0.3 is 0 Å². The molecule has 1 nitrogen and oxygen atoms in total. The molecule has 1 aliphatic carbocycles. The fourth-order valence-corrected chi connectivity index (χ4v) is 1.77. The Bertz CT molecular complexity index is 318. The normalized spacial score (nSPS) is 28.1. The summed E-state index contributed by atoms with van der Waals surface area (Å²) in [7, 11) is 0. The van der Waals surface area contributed by atoms with Gasteiger partial charge in [-0.3, -0.25) is 4.79 Å². The molecule has 0 aromatic carbocycles. The smallest absolute Gasteiger partial charge is 0.140 e. The third-order valence-corrected chi connectivity index (χ3v) is 2.58. The zero-order chi connectivity index (χ0) is 10.6. The average Bonchev–Trinajstić information content (AvgIpc) is 2.18. The van der Waals surface area contributed by atoms with Crippen molar-refractivity contribution >= 4 is 5.78 Å². The van der Waals surface area contributed by atoms with E-state index in [1.54, 1.807) is 12.2 Å². The Morgan fingerprint density at radius 1 is 1.21 bits per heavy atom. The van der Waals surface area contributed by atoms with Crippen LogP contribution >= 0.6 is 0 Å². The van der Waals surface area contributed by atoms with E-state index in [1.807, 2.05) is 19.1 Å². The van der Waals surface area contributed by atoms with Crippen LogP contribution in [0.3, 0.4) is 0 Å². The molecule has 0 aliphatic heterocycles. The van der Waals surface area contributed by atoms with Crippen LogP contribution in [-0.4, -0.2) is 5.78 Å². The van der Waals surface area contributed by atoms with Gasteiger partial charge in [-0.05, 0) is 17.6 Å². The molecule has 0 N–H and O–H groups in total. The Morgan fingerprint density at radius 2 is 1.86 bits per heavy atom. The minimum atomic E-state index is 0.00736. The minimum absolute atomic E-state index is 0.00736. The molecule has 1 unspecified atom stereocenters. The van der Waals surface area contributed by atoms with Crippen LogP contribution in [0.15, 0.2) is 48.6 Å². The molecule has 1 heteroatoms. The number of hydrogen-bond acceptors (Lipinski definition) is 1. The lowest BCUT2D eigenvalue weighted by atomic mass is 9.80. The molecule has 0 bridgehead atoms. The van der Waals surface area contributed by atoms with Gasteiger partial charge in [0.05, 0.1) is 0 Å². The summed E-state index contributed by atoms with van der Waals surface area (Å²) >= 11 is 0. The Balaban J connectivity index is 3.05. The van der Waals surface area contributed by atoms with Gasteiger partial charge in [0, 0.05) is 12.3 Å². The van der Waals surface area contributed by atoms with Crippen LogP contribution < -0.4 is 0 Å². The molecule has 1 atom stereocenters. The van der Waals surface area contributed by atoms with Gasteiger partial charge in [0.1, 0.15) is 5.78 Å². The number of ketones is 1. The van der Waals surface area contributed by atoms with Crippen molar-refractivity contribution in [3.05, 3.63) is 48.6 Å². The third-order valence-electron chi connectivity index (χ3n) is 2.58. The minimum Gasteiger partial charge on any atom is -0.299 e. The largest absolute Gasteiger partial charge is 0.299 e. The maximum absolute atomic E-state index is 11.5. The predicted molar refractivity (Wildman–Crippen MR) is 60.0 cm³/mol. The Kier molecular flexibility index (Phi) is 3.63. The SMILES string of the molecule is C=C/C=C1/CCC(=O)C(C)/C1=C/C=C. The van der Waals surface area contributed by atoms with Crippen molar-refractivity contribution in [3.8, 4) is 0 Å². The molecule has 1 saturated carbocycles. The summed E-state index contributed by atoms with van der Waals surface area (Å²) in [5.74, 6) is 0.326. The van der Waals surface area contributed by atoms with Crippen molar-refractivity contribution in [1.82, 2.24) is 0 Å². The number of hydrogen-bond donors (Lipinski definition) is 0. The number of carbonyl (C=O) groups excluding carboxylic acids is 1. The predicted octanol–water partition coefficient (Wildman–Crippen LogP) is 3.21. The van der Waals surface area contributed by atoms with Crippen LogP contribution in [0.2, 0.25) is 0 Å². The summed E-state index contributed by atoms with van der Waals surface area (Å²) in [5.41, 5.74) is 2.31. The second-order valence-corrected chi connectivity index (χ2v) is 3.47. The van der Waals surface area contributed by atoms with Gasteiger partial charge >= 0.3 is 0 Å². The molecule has 0 aromatic rings. The van der Waals surface area contributed by atoms with E-state index in [1.165, 1.54) is 5.57 Å². The van der Waals surface area contributed by atoms with Crippen LogP contribution in [0.5, 0.6) is 0 Å². The standard InChI is InChI=1S/C13H16O/c1-4-6-11-8-9-13(14)10(3)12(11)7-5-2/h4-7,10H,1-2,8-9H2,3H3/b11-6-,12-7-. The highest BCUT2D eigenvalue weighted by Gasteiger charge is 2.24. The second kappa shape index (κ2) is 4.75. The monoisotopic (exact) mass is 188 g/mol. The zero-order valence-electron chi connectivity index (χ0n) is 8.62. The molecule has 0 aromatic heterocycles. The highest BCUT2D eigenvalue weighted by Crippen LogP contribution is 2.31. The first-order chi connectivity index (χ1) is 6.70. The molecule has 0 saturated heterocycles. The highest BCUT2D eigenvalue weighted by molar-refractivity contribution is 5.86. The van der Waals surface area contributed by atoms with Crippen LogP contribution in [0.4, 0.5) is 0 Å². The van der Waals surface area contributed by atoms with Crippen LogP contribution in [-0.2, 0) is 4.79 Å². The van der Waals surface area contributed by atoms with Gasteiger partial charge in [-0.2, -0.15) is 0 Å². The molecule has 0 radical (unpaired) electrons. The number of Topliss-reactive ketones (excluding diaryl/α,β-unsaturated/α-hetero) is 1. The van der Waals surface area contributed by atoms with E-state index in [2.05, 4.69) is 13.2 Å². The molecule has 74 valence electrons. The van der Waals surface area contributed by atoms with Crippen molar-refractivity contribution in [2.75, 3.05) is 0 Å². The van der Waals surface area contributed by atoms with Gasteiger partial charge in [0.25, 0.3) is 0 Å². The summed E-state index contributed by atoms with van der Waals surface area (Å²) < 4.78 is 0. The molecule has 0 spiro atoms. The number of allylic oxidation sites excluding steroid dienone is 6. The average molecular weight is 188 g/mol. The molecule has 0 amide bonds. The fraction of sp³-hybridized carbons (Fsp3) is 0.308. The molecular formula is C13H16O. The van der Waals surface area contributed by atoms with Crippen molar-refractivity contribution in [2.45, 2.75) is 19.8 Å². The fourth-order valence-electron chi connectivity index (χ4n) is 1.77. The molecule has 0 heterocycles. The van der Waals surface area contributed by atoms with Gasteiger partial charge in [-0.1, -0.05) is 44.4 Å². The number of rotatable bonds is 2. The summed E-state index contributed by atoms with van der Waals surface area (Å²) in [6, 6.07) is 0. The van der Waals surface area contributed by atoms with E-state index in [9.17, 15) is 4.79 Å². The lowest BCUT2D eigenvalue weighted by Crippen LogP contribution is -2.20. The van der Waals surface area contributed by atoms with Crippen molar-refractivity contribution in [1.29, 1.82) is 0 Å². The first-order valence-corrected chi connectivity index (χ1v) is 4.88. The summed E-state index contributed by atoms with van der Waals surface area (Å²) in [6.07, 6.45) is 8.90. The van der Waals surface area contributed by atoms with Gasteiger partial charge in [-0.25, -0.2) is 0 Å². The van der Waals surface area contributed by atoms with Crippen molar-refractivity contribution in [3.63, 3.8) is 0 Å². The maximum Gasteiger partial charge on any atom is 0.140 e. The van der Waals surface area contributed by atoms with E-state index in [0.29, 0.717) is 12.2 Å². The van der Waals surface area contributed by atoms with E-state index in [-0.39, 0.29) is 5.92 Å². The lowest BCUT2D eigenvalue weighted by Gasteiger charge is -2.23. The Labute approximate surface area is 85.5 Å². The van der Waals surface area contributed by atoms with E-state index < -0.39 is 0 Å². The first-order valence-electron chi connectivity index (χ1n) is 4.88. The van der Waals surface area contributed by atoms with Crippen LogP contribution in [0.1, 0.15) is 19.8 Å². The lowest BCUT2D eigenvalue weighted by molar-refractivity contribution is -0.121. The zero-order valence-corrected chi connectivity index (χ0v) is 8.62. The van der Waals surface area contributed by atoms with Crippen LogP contribution in [0, 0.1) is 5.92 Å². The summed E-state index contributed by atoms with van der Waals surface area (Å²) in [4.78, 5) is 11.5. The van der Waals surface area contributed by atoms with E-state index in [4.69, 9.17) is 0 Å². The molecule has 1 rings (SSSR count). The van der Waals surface area contributed by atoms with Gasteiger partial charge in [0.2, 0.25) is 0 Å². The molecular weight excluding hydrogens is 172 g/mol. The van der Waals surface area contributed by atoms with Crippen LogP contribution in [0.25, 0.3) is 0 Å². The van der Waals surface area contributed by atoms with E-state index in [0.717, 1.165) is 12.0 Å². The molecule has 14 heavy (non-hydrogen) atoms. The quantitative estimate of drug-likeness (QED) is 0.650.